The van der Waals surface area contributed by atoms with Gasteiger partial charge in [0.1, 0.15) is 0 Å². The predicted molar refractivity (Wildman–Crippen MR) is 60.4 cm³/mol. The van der Waals surface area contributed by atoms with E-state index in [0.29, 0.717) is 13.2 Å². The van der Waals surface area contributed by atoms with Crippen molar-refractivity contribution in [2.75, 3.05) is 24.7 Å². The van der Waals surface area contributed by atoms with Crippen LogP contribution in [0.15, 0.2) is 24.3 Å². The maximum atomic E-state index is 11.9. The maximum absolute atomic E-state index is 11.9. The van der Waals surface area contributed by atoms with Crippen molar-refractivity contribution >= 4 is 11.6 Å². The fourth-order valence-electron chi connectivity index (χ4n) is 1.82. The summed E-state index contributed by atoms with van der Waals surface area (Å²) in [6, 6.07) is 7.75. The molecular formula is C12H15NO3. The fourth-order valence-corrected chi connectivity index (χ4v) is 1.82. The largest absolute Gasteiger partial charge is 0.393 e. The molecule has 2 rings (SSSR count). The first kappa shape index (κ1) is 11.1. The molecule has 16 heavy (non-hydrogen) atoms. The third-order valence-corrected chi connectivity index (χ3v) is 2.65. The van der Waals surface area contributed by atoms with Crippen molar-refractivity contribution in [2.24, 2.45) is 0 Å². The summed E-state index contributed by atoms with van der Waals surface area (Å²) in [4.78, 5) is 13.6. The Kier molecular flexibility index (Phi) is 3.22. The van der Waals surface area contributed by atoms with Crippen LogP contribution in [0.3, 0.4) is 0 Å². The third-order valence-electron chi connectivity index (χ3n) is 2.65. The molecule has 1 amide bonds. The standard InChI is InChI=1S/C12H15NO3/c1-9-3-2-4-10(7-9)13-5-6-16-11(8-14)12(13)15/h2-4,7,11,14H,5-6,8H2,1H3. The number of nitrogens with zero attached hydrogens (tertiary/aromatic N) is 1. The molecule has 1 fully saturated rings. The Morgan fingerprint density at radius 2 is 2.38 bits per heavy atom. The molecule has 0 aromatic heterocycles. The Morgan fingerprint density at radius 3 is 3.06 bits per heavy atom. The molecule has 1 aliphatic rings. The molecule has 1 atom stereocenters. The van der Waals surface area contributed by atoms with E-state index >= 15 is 0 Å². The van der Waals surface area contributed by atoms with Gasteiger partial charge in [0.05, 0.1) is 13.2 Å². The highest BCUT2D eigenvalue weighted by Crippen LogP contribution is 2.19. The number of carbonyl (C=O) groups excluding carboxylic acids is 1. The van der Waals surface area contributed by atoms with Crippen molar-refractivity contribution in [3.63, 3.8) is 0 Å². The van der Waals surface area contributed by atoms with E-state index in [1.54, 1.807) is 4.90 Å². The first-order valence-corrected chi connectivity index (χ1v) is 5.33. The molecule has 0 bridgehead atoms. The van der Waals surface area contributed by atoms with Gasteiger partial charge in [-0.05, 0) is 24.6 Å². The third kappa shape index (κ3) is 2.08. The van der Waals surface area contributed by atoms with E-state index in [1.807, 2.05) is 31.2 Å². The van der Waals surface area contributed by atoms with Gasteiger partial charge in [0, 0.05) is 12.2 Å². The highest BCUT2D eigenvalue weighted by atomic mass is 16.5. The van der Waals surface area contributed by atoms with Gasteiger partial charge in [-0.1, -0.05) is 12.1 Å². The normalized spacial score (nSPS) is 21.2. The number of rotatable bonds is 2. The van der Waals surface area contributed by atoms with E-state index in [1.165, 1.54) is 0 Å². The van der Waals surface area contributed by atoms with E-state index in [4.69, 9.17) is 9.84 Å². The topological polar surface area (TPSA) is 49.8 Å². The van der Waals surface area contributed by atoms with Gasteiger partial charge in [-0.25, -0.2) is 0 Å². The van der Waals surface area contributed by atoms with Gasteiger partial charge in [-0.2, -0.15) is 0 Å². The average molecular weight is 221 g/mol. The fraction of sp³-hybridized carbons (Fsp3) is 0.417. The molecule has 86 valence electrons. The van der Waals surface area contributed by atoms with Gasteiger partial charge in [0.15, 0.2) is 6.10 Å². The van der Waals surface area contributed by atoms with E-state index in [2.05, 4.69) is 0 Å². The number of ether oxygens (including phenoxy) is 1. The lowest BCUT2D eigenvalue weighted by Crippen LogP contribution is -2.49. The lowest BCUT2D eigenvalue weighted by Gasteiger charge is -2.31. The molecule has 1 heterocycles. The summed E-state index contributed by atoms with van der Waals surface area (Å²) in [5.41, 5.74) is 1.98. The van der Waals surface area contributed by atoms with Crippen molar-refractivity contribution in [1.82, 2.24) is 0 Å². The molecule has 1 aliphatic heterocycles. The number of hydrogen-bond acceptors (Lipinski definition) is 3. The number of morpholine rings is 1. The second-order valence-corrected chi connectivity index (χ2v) is 3.87. The number of aliphatic hydroxyl groups is 1. The van der Waals surface area contributed by atoms with Gasteiger partial charge in [-0.3, -0.25) is 4.79 Å². The molecule has 1 aromatic carbocycles. The van der Waals surface area contributed by atoms with E-state index in [9.17, 15) is 4.79 Å². The van der Waals surface area contributed by atoms with Crippen LogP contribution in [0.2, 0.25) is 0 Å². The summed E-state index contributed by atoms with van der Waals surface area (Å²) < 4.78 is 5.18. The summed E-state index contributed by atoms with van der Waals surface area (Å²) in [6.07, 6.45) is -0.714. The van der Waals surface area contributed by atoms with Crippen LogP contribution in [-0.2, 0) is 9.53 Å². The van der Waals surface area contributed by atoms with Crippen LogP contribution < -0.4 is 4.90 Å². The minimum atomic E-state index is -0.714. The Morgan fingerprint density at radius 1 is 1.56 bits per heavy atom. The van der Waals surface area contributed by atoms with Crippen molar-refractivity contribution in [3.8, 4) is 0 Å². The second kappa shape index (κ2) is 4.63. The highest BCUT2D eigenvalue weighted by molar-refractivity contribution is 5.97. The van der Waals surface area contributed by atoms with Crippen LogP contribution >= 0.6 is 0 Å². The van der Waals surface area contributed by atoms with Crippen LogP contribution in [0.5, 0.6) is 0 Å². The van der Waals surface area contributed by atoms with Crippen LogP contribution in [0.4, 0.5) is 5.69 Å². The number of benzene rings is 1. The zero-order chi connectivity index (χ0) is 11.5. The number of hydrogen-bond donors (Lipinski definition) is 1. The number of amides is 1. The lowest BCUT2D eigenvalue weighted by atomic mass is 10.2. The molecule has 4 nitrogen and oxygen atoms in total. The van der Waals surface area contributed by atoms with E-state index in [-0.39, 0.29) is 12.5 Å². The molecule has 4 heteroatoms. The van der Waals surface area contributed by atoms with Crippen LogP contribution in [0.25, 0.3) is 0 Å². The van der Waals surface area contributed by atoms with E-state index in [0.717, 1.165) is 11.3 Å². The first-order chi connectivity index (χ1) is 7.72. The summed E-state index contributed by atoms with van der Waals surface area (Å²) in [7, 11) is 0. The molecule has 0 saturated carbocycles. The zero-order valence-electron chi connectivity index (χ0n) is 9.22. The molecule has 1 unspecified atom stereocenters. The first-order valence-electron chi connectivity index (χ1n) is 5.33. The molecule has 1 N–H and O–H groups in total. The average Bonchev–Trinajstić information content (AvgIpc) is 2.29. The van der Waals surface area contributed by atoms with Crippen molar-refractivity contribution < 1.29 is 14.6 Å². The van der Waals surface area contributed by atoms with Crippen LogP contribution in [0.1, 0.15) is 5.56 Å². The zero-order valence-corrected chi connectivity index (χ0v) is 9.22. The van der Waals surface area contributed by atoms with Crippen molar-refractivity contribution in [3.05, 3.63) is 29.8 Å². The number of aryl methyl sites for hydroxylation is 1. The van der Waals surface area contributed by atoms with Gasteiger partial charge < -0.3 is 14.7 Å². The molecular weight excluding hydrogens is 206 g/mol. The Bertz CT molecular complexity index is 392. The monoisotopic (exact) mass is 221 g/mol. The quantitative estimate of drug-likeness (QED) is 0.800. The highest BCUT2D eigenvalue weighted by Gasteiger charge is 2.29. The number of anilines is 1. The number of aliphatic hydroxyl groups excluding tert-OH is 1. The minimum absolute atomic E-state index is 0.167. The summed E-state index contributed by atoms with van der Waals surface area (Å²) in [5.74, 6) is -0.167. The van der Waals surface area contributed by atoms with Crippen LogP contribution in [0, 0.1) is 6.92 Å². The molecule has 1 saturated heterocycles. The molecule has 0 spiro atoms. The van der Waals surface area contributed by atoms with Gasteiger partial charge in [0.2, 0.25) is 0 Å². The van der Waals surface area contributed by atoms with Crippen molar-refractivity contribution in [1.29, 1.82) is 0 Å². The second-order valence-electron chi connectivity index (χ2n) is 3.87. The Labute approximate surface area is 94.4 Å². The Hall–Kier alpha value is -1.39. The SMILES string of the molecule is Cc1cccc(N2CCOC(CO)C2=O)c1. The van der Waals surface area contributed by atoms with Crippen molar-refractivity contribution in [2.45, 2.75) is 13.0 Å². The summed E-state index contributed by atoms with van der Waals surface area (Å²) in [5, 5.41) is 9.01. The Balaban J connectivity index is 2.23. The minimum Gasteiger partial charge on any atom is -0.393 e. The number of carbonyl (C=O) groups is 1. The predicted octanol–water partition coefficient (Wildman–Crippen LogP) is 0.719. The molecule has 0 aliphatic carbocycles. The van der Waals surface area contributed by atoms with Gasteiger partial charge in [0.25, 0.3) is 5.91 Å². The van der Waals surface area contributed by atoms with Gasteiger partial charge >= 0.3 is 0 Å². The maximum Gasteiger partial charge on any atom is 0.258 e. The molecule has 0 radical (unpaired) electrons. The van der Waals surface area contributed by atoms with Crippen LogP contribution in [-0.4, -0.2) is 36.9 Å². The smallest absolute Gasteiger partial charge is 0.258 e. The molecule has 1 aromatic rings. The van der Waals surface area contributed by atoms with E-state index < -0.39 is 6.10 Å². The lowest BCUT2D eigenvalue weighted by molar-refractivity contribution is -0.136. The summed E-state index contributed by atoms with van der Waals surface area (Å²) in [6.45, 7) is 2.72. The van der Waals surface area contributed by atoms with Gasteiger partial charge in [-0.15, -0.1) is 0 Å². The summed E-state index contributed by atoms with van der Waals surface area (Å²) >= 11 is 0.